The van der Waals surface area contributed by atoms with Gasteiger partial charge in [-0.1, -0.05) is 12.1 Å². The lowest BCUT2D eigenvalue weighted by molar-refractivity contribution is -0.123. The number of thiophene rings is 1. The summed E-state index contributed by atoms with van der Waals surface area (Å²) in [4.78, 5) is 19.5. The van der Waals surface area contributed by atoms with Crippen LogP contribution < -0.4 is 5.73 Å². The summed E-state index contributed by atoms with van der Waals surface area (Å²) in [6, 6.07) is 7.78. The molecule has 0 spiro atoms. The number of fused-ring (bicyclic) bond motifs is 2. The van der Waals surface area contributed by atoms with Crippen molar-refractivity contribution in [2.45, 2.75) is 12.5 Å². The van der Waals surface area contributed by atoms with Gasteiger partial charge in [0.15, 0.2) is 0 Å². The van der Waals surface area contributed by atoms with Gasteiger partial charge in [-0.2, -0.15) is 0 Å². The van der Waals surface area contributed by atoms with Crippen molar-refractivity contribution < 1.29 is 4.79 Å². The van der Waals surface area contributed by atoms with Gasteiger partial charge in [0.2, 0.25) is 5.91 Å². The normalized spacial score (nSPS) is 18.5. The van der Waals surface area contributed by atoms with E-state index >= 15 is 0 Å². The average molecular weight is 328 g/mol. The van der Waals surface area contributed by atoms with E-state index in [-0.39, 0.29) is 11.9 Å². The maximum Gasteiger partial charge on any atom is 0.240 e. The maximum atomic E-state index is 11.8. The number of likely N-dealkylation sites (N-methyl/N-ethyl adjacent to an activating group) is 1. The number of thiazole rings is 1. The van der Waals surface area contributed by atoms with E-state index in [0.717, 1.165) is 33.9 Å². The Labute approximate surface area is 136 Å². The molecule has 1 aromatic carbocycles. The second kappa shape index (κ2) is 5.15. The molecule has 4 nitrogen and oxygen atoms in total. The van der Waals surface area contributed by atoms with Crippen molar-refractivity contribution in [3.8, 4) is 10.6 Å². The average Bonchev–Trinajstić information content (AvgIpc) is 3.09. The highest BCUT2D eigenvalue weighted by Crippen LogP contribution is 2.41. The third kappa shape index (κ3) is 2.06. The standard InChI is InChI=1S/C16H14N3OS2/c1-19-7-6-9-10(8-21-14(9)13(19)15(17)20)16-18-11-4-2-3-5-12(11)22-16/h2-5,13H,6-7H2,1H3,(H2,17,20). The number of carbonyl (C=O) groups is 1. The molecule has 1 atom stereocenters. The lowest BCUT2D eigenvalue weighted by Crippen LogP contribution is -2.39. The van der Waals surface area contributed by atoms with Crippen molar-refractivity contribution in [1.29, 1.82) is 0 Å². The molecule has 3 aromatic rings. The third-order valence-electron chi connectivity index (χ3n) is 4.04. The molecule has 1 aliphatic rings. The molecule has 1 aliphatic heterocycles. The van der Waals surface area contributed by atoms with Gasteiger partial charge in [-0.05, 0) is 31.2 Å². The van der Waals surface area contributed by atoms with Crippen LogP contribution in [-0.4, -0.2) is 29.4 Å². The van der Waals surface area contributed by atoms with Crippen LogP contribution in [0.4, 0.5) is 0 Å². The van der Waals surface area contributed by atoms with E-state index in [1.807, 2.05) is 30.1 Å². The number of aromatic nitrogens is 1. The first-order valence-electron chi connectivity index (χ1n) is 7.04. The number of benzene rings is 1. The lowest BCUT2D eigenvalue weighted by Gasteiger charge is -2.30. The largest absolute Gasteiger partial charge is 0.368 e. The Bertz CT molecular complexity index is 834. The molecule has 3 heterocycles. The van der Waals surface area contributed by atoms with Gasteiger partial charge in [0.25, 0.3) is 0 Å². The number of nitrogens with zero attached hydrogens (tertiary/aromatic N) is 2. The van der Waals surface area contributed by atoms with E-state index in [2.05, 4.69) is 11.4 Å². The van der Waals surface area contributed by atoms with E-state index < -0.39 is 0 Å². The van der Waals surface area contributed by atoms with E-state index in [9.17, 15) is 4.79 Å². The molecule has 2 aromatic heterocycles. The van der Waals surface area contributed by atoms with Crippen molar-refractivity contribution >= 4 is 38.8 Å². The van der Waals surface area contributed by atoms with E-state index in [4.69, 9.17) is 10.7 Å². The molecule has 111 valence electrons. The summed E-state index contributed by atoms with van der Waals surface area (Å²) >= 11 is 3.17. The summed E-state index contributed by atoms with van der Waals surface area (Å²) in [6.07, 6.45) is 0.904. The Kier molecular flexibility index (Phi) is 3.25. The van der Waals surface area contributed by atoms with Crippen molar-refractivity contribution in [2.75, 3.05) is 13.6 Å². The smallest absolute Gasteiger partial charge is 0.240 e. The summed E-state index contributed by atoms with van der Waals surface area (Å²) < 4.78 is 1.17. The molecular formula is C16H14N3OS2. The van der Waals surface area contributed by atoms with Crippen LogP contribution in [0.25, 0.3) is 20.8 Å². The van der Waals surface area contributed by atoms with Gasteiger partial charge in [-0.3, -0.25) is 9.69 Å². The van der Waals surface area contributed by atoms with Crippen LogP contribution in [0.5, 0.6) is 0 Å². The third-order valence-corrected chi connectivity index (χ3v) is 6.09. The molecule has 4 rings (SSSR count). The lowest BCUT2D eigenvalue weighted by atomic mass is 9.98. The topological polar surface area (TPSA) is 59.2 Å². The number of nitrogens with two attached hydrogens (primary N) is 1. The first-order valence-corrected chi connectivity index (χ1v) is 8.67. The minimum absolute atomic E-state index is 0.297. The Morgan fingerprint density at radius 1 is 1.45 bits per heavy atom. The fourth-order valence-electron chi connectivity index (χ4n) is 2.94. The second-order valence-corrected chi connectivity index (χ2v) is 7.32. The fraction of sp³-hybridized carbons (Fsp3) is 0.250. The van der Waals surface area contributed by atoms with Gasteiger partial charge in [-0.15, -0.1) is 22.7 Å². The number of hydrogen-bond donors (Lipinski definition) is 1. The molecule has 6 heteroatoms. The Morgan fingerprint density at radius 2 is 2.27 bits per heavy atom. The van der Waals surface area contributed by atoms with Crippen LogP contribution in [0.1, 0.15) is 16.5 Å². The Hall–Kier alpha value is -1.76. The molecule has 1 unspecified atom stereocenters. The number of carbonyl (C=O) groups excluding carboxylic acids is 1. The van der Waals surface area contributed by atoms with Gasteiger partial charge >= 0.3 is 0 Å². The summed E-state index contributed by atoms with van der Waals surface area (Å²) in [5.41, 5.74) is 8.82. The summed E-state index contributed by atoms with van der Waals surface area (Å²) in [5, 5.41) is 4.33. The minimum atomic E-state index is -0.340. The zero-order valence-electron chi connectivity index (χ0n) is 12.0. The number of hydrogen-bond acceptors (Lipinski definition) is 5. The Morgan fingerprint density at radius 3 is 3.05 bits per heavy atom. The molecule has 0 bridgehead atoms. The molecular weight excluding hydrogens is 314 g/mol. The van der Waals surface area contributed by atoms with Gasteiger partial charge < -0.3 is 5.73 Å². The predicted octanol–water partition coefficient (Wildman–Crippen LogP) is 2.84. The van der Waals surface area contributed by atoms with Gasteiger partial charge in [0.05, 0.1) is 15.6 Å². The van der Waals surface area contributed by atoms with Crippen LogP contribution in [-0.2, 0) is 11.2 Å². The Balaban J connectivity index is 1.84. The molecule has 0 aliphatic carbocycles. The minimum Gasteiger partial charge on any atom is -0.368 e. The molecule has 22 heavy (non-hydrogen) atoms. The number of rotatable bonds is 2. The van der Waals surface area contributed by atoms with Crippen LogP contribution in [0.3, 0.4) is 0 Å². The van der Waals surface area contributed by atoms with Crippen molar-refractivity contribution in [3.63, 3.8) is 0 Å². The molecule has 1 radical (unpaired) electrons. The molecule has 0 saturated carbocycles. The summed E-state index contributed by atoms with van der Waals surface area (Å²) in [5.74, 6) is -0.297. The number of amides is 1. The van der Waals surface area contributed by atoms with Crippen molar-refractivity contribution in [2.24, 2.45) is 5.73 Å². The SMILES string of the molecule is CN1CCc2c(-c3nc4ccccc4s3)[c]sc2C1C(N)=O. The van der Waals surface area contributed by atoms with E-state index in [0.29, 0.717) is 0 Å². The van der Waals surface area contributed by atoms with Crippen molar-refractivity contribution in [3.05, 3.63) is 40.1 Å². The summed E-state index contributed by atoms with van der Waals surface area (Å²) in [7, 11) is 1.94. The second-order valence-electron chi connectivity index (χ2n) is 5.44. The zero-order chi connectivity index (χ0) is 15.3. The highest BCUT2D eigenvalue weighted by Gasteiger charge is 2.33. The first-order chi connectivity index (χ1) is 10.6. The van der Waals surface area contributed by atoms with Crippen LogP contribution in [0.2, 0.25) is 0 Å². The fourth-order valence-corrected chi connectivity index (χ4v) is 5.16. The van der Waals surface area contributed by atoms with Crippen molar-refractivity contribution in [1.82, 2.24) is 9.88 Å². The molecule has 0 fully saturated rings. The quantitative estimate of drug-likeness (QED) is 0.787. The number of primary amides is 1. The molecule has 2 N–H and O–H groups in total. The monoisotopic (exact) mass is 328 g/mol. The maximum absolute atomic E-state index is 11.8. The summed E-state index contributed by atoms with van der Waals surface area (Å²) in [6.45, 7) is 0.822. The predicted molar refractivity (Wildman–Crippen MR) is 90.0 cm³/mol. The highest BCUT2D eigenvalue weighted by atomic mass is 32.1. The first kappa shape index (κ1) is 13.9. The number of para-hydroxylation sites is 1. The van der Waals surface area contributed by atoms with Gasteiger partial charge in [0.1, 0.15) is 11.0 Å². The molecule has 1 amide bonds. The van der Waals surface area contributed by atoms with Crippen LogP contribution in [0.15, 0.2) is 24.3 Å². The van der Waals surface area contributed by atoms with Crippen LogP contribution >= 0.6 is 22.7 Å². The van der Waals surface area contributed by atoms with Crippen LogP contribution in [0, 0.1) is 5.38 Å². The van der Waals surface area contributed by atoms with Gasteiger partial charge in [-0.25, -0.2) is 4.98 Å². The molecule has 0 saturated heterocycles. The zero-order valence-corrected chi connectivity index (χ0v) is 13.6. The highest BCUT2D eigenvalue weighted by molar-refractivity contribution is 7.22. The van der Waals surface area contributed by atoms with Gasteiger partial charge in [0, 0.05) is 17.0 Å². The van der Waals surface area contributed by atoms with E-state index in [1.165, 1.54) is 21.6 Å². The van der Waals surface area contributed by atoms with E-state index in [1.54, 1.807) is 11.3 Å².